The Morgan fingerprint density at radius 3 is 2.58 bits per heavy atom. The van der Waals surface area contributed by atoms with E-state index < -0.39 is 18.1 Å². The SMILES string of the molecule is COC(=O)Cc1cc(C#N)c(Br)c(OC(F)(F)F)c1. The topological polar surface area (TPSA) is 59.3 Å². The molecule has 0 radical (unpaired) electrons. The van der Waals surface area contributed by atoms with E-state index in [0.29, 0.717) is 0 Å². The van der Waals surface area contributed by atoms with Crippen LogP contribution >= 0.6 is 15.9 Å². The second-order valence-electron chi connectivity index (χ2n) is 3.37. The van der Waals surface area contributed by atoms with E-state index in [2.05, 4.69) is 25.4 Å². The fourth-order valence-electron chi connectivity index (χ4n) is 1.28. The molecule has 0 N–H and O–H groups in total. The maximum atomic E-state index is 12.2. The molecule has 0 heterocycles. The van der Waals surface area contributed by atoms with Crippen LogP contribution in [0.25, 0.3) is 0 Å². The van der Waals surface area contributed by atoms with Crippen LogP contribution in [0.5, 0.6) is 5.75 Å². The Balaban J connectivity index is 3.19. The van der Waals surface area contributed by atoms with Crippen molar-refractivity contribution in [1.29, 1.82) is 5.26 Å². The van der Waals surface area contributed by atoms with Crippen molar-refractivity contribution in [3.8, 4) is 11.8 Å². The largest absolute Gasteiger partial charge is 0.573 e. The zero-order valence-electron chi connectivity index (χ0n) is 9.55. The molecule has 19 heavy (non-hydrogen) atoms. The number of hydrogen-bond acceptors (Lipinski definition) is 4. The highest BCUT2D eigenvalue weighted by atomic mass is 79.9. The van der Waals surface area contributed by atoms with E-state index >= 15 is 0 Å². The van der Waals surface area contributed by atoms with Crippen molar-refractivity contribution in [3.63, 3.8) is 0 Å². The minimum Gasteiger partial charge on any atom is -0.469 e. The maximum Gasteiger partial charge on any atom is 0.573 e. The number of nitriles is 1. The lowest BCUT2D eigenvalue weighted by Gasteiger charge is -2.12. The second-order valence-corrected chi connectivity index (χ2v) is 4.16. The van der Waals surface area contributed by atoms with Gasteiger partial charge in [0.25, 0.3) is 0 Å². The standard InChI is InChI=1S/C11H7BrF3NO3/c1-18-9(17)4-6-2-7(5-16)10(12)8(3-6)19-11(13,14)15/h2-3H,4H2,1H3. The van der Waals surface area contributed by atoms with Gasteiger partial charge in [0.05, 0.1) is 23.6 Å². The molecule has 102 valence electrons. The first kappa shape index (κ1) is 15.3. The van der Waals surface area contributed by atoms with Crippen LogP contribution < -0.4 is 4.74 Å². The van der Waals surface area contributed by atoms with Crippen molar-refractivity contribution in [2.45, 2.75) is 12.8 Å². The summed E-state index contributed by atoms with van der Waals surface area (Å²) in [6.45, 7) is 0. The quantitative estimate of drug-likeness (QED) is 0.795. The van der Waals surface area contributed by atoms with Gasteiger partial charge in [-0.3, -0.25) is 4.79 Å². The number of nitrogens with zero attached hydrogens (tertiary/aromatic N) is 1. The summed E-state index contributed by atoms with van der Waals surface area (Å²) >= 11 is 2.85. The van der Waals surface area contributed by atoms with Crippen LogP contribution in [0.2, 0.25) is 0 Å². The fourth-order valence-corrected chi connectivity index (χ4v) is 1.67. The van der Waals surface area contributed by atoms with Gasteiger partial charge in [-0.15, -0.1) is 13.2 Å². The van der Waals surface area contributed by atoms with Crippen molar-refractivity contribution in [3.05, 3.63) is 27.7 Å². The van der Waals surface area contributed by atoms with Crippen molar-refractivity contribution in [1.82, 2.24) is 0 Å². The number of benzene rings is 1. The highest BCUT2D eigenvalue weighted by Gasteiger charge is 2.32. The van der Waals surface area contributed by atoms with Crippen molar-refractivity contribution >= 4 is 21.9 Å². The Hall–Kier alpha value is -1.75. The van der Waals surface area contributed by atoms with Crippen LogP contribution in [-0.4, -0.2) is 19.4 Å². The molecule has 0 fully saturated rings. The molecule has 8 heteroatoms. The number of carbonyl (C=O) groups excluding carboxylic acids is 1. The van der Waals surface area contributed by atoms with E-state index in [4.69, 9.17) is 5.26 Å². The van der Waals surface area contributed by atoms with Gasteiger partial charge in [-0.05, 0) is 33.6 Å². The monoisotopic (exact) mass is 337 g/mol. The van der Waals surface area contributed by atoms with E-state index in [1.807, 2.05) is 0 Å². The molecule has 1 aromatic rings. The number of ether oxygens (including phenoxy) is 2. The molecule has 4 nitrogen and oxygen atoms in total. The third-order valence-corrected chi connectivity index (χ3v) is 2.84. The van der Waals surface area contributed by atoms with Gasteiger partial charge in [0.1, 0.15) is 11.8 Å². The van der Waals surface area contributed by atoms with Crippen molar-refractivity contribution in [2.24, 2.45) is 0 Å². The van der Waals surface area contributed by atoms with E-state index in [-0.39, 0.29) is 22.0 Å². The van der Waals surface area contributed by atoms with Gasteiger partial charge in [-0.2, -0.15) is 5.26 Å². The van der Waals surface area contributed by atoms with Crippen LogP contribution in [0.4, 0.5) is 13.2 Å². The molecule has 0 aliphatic rings. The van der Waals surface area contributed by atoms with Crippen LogP contribution in [0.1, 0.15) is 11.1 Å². The highest BCUT2D eigenvalue weighted by Crippen LogP contribution is 2.34. The molecule has 0 saturated carbocycles. The van der Waals surface area contributed by atoms with Gasteiger partial charge in [0.15, 0.2) is 0 Å². The van der Waals surface area contributed by atoms with Crippen LogP contribution in [-0.2, 0) is 16.0 Å². The summed E-state index contributed by atoms with van der Waals surface area (Å²) in [4.78, 5) is 11.1. The summed E-state index contributed by atoms with van der Waals surface area (Å²) < 4.78 is 44.7. The zero-order valence-corrected chi connectivity index (χ0v) is 11.1. The molecule has 0 aliphatic carbocycles. The zero-order chi connectivity index (χ0) is 14.6. The van der Waals surface area contributed by atoms with Gasteiger partial charge in [0, 0.05) is 0 Å². The summed E-state index contributed by atoms with van der Waals surface area (Å²) in [6.07, 6.45) is -5.15. The number of rotatable bonds is 3. The maximum absolute atomic E-state index is 12.2. The number of halogens is 4. The lowest BCUT2D eigenvalue weighted by atomic mass is 10.1. The van der Waals surface area contributed by atoms with Gasteiger partial charge in [0.2, 0.25) is 0 Å². The number of alkyl halides is 3. The lowest BCUT2D eigenvalue weighted by molar-refractivity contribution is -0.274. The van der Waals surface area contributed by atoms with E-state index in [0.717, 1.165) is 13.2 Å². The molecule has 0 unspecified atom stereocenters. The summed E-state index contributed by atoms with van der Waals surface area (Å²) in [7, 11) is 1.15. The molecule has 0 spiro atoms. The number of hydrogen-bond donors (Lipinski definition) is 0. The van der Waals surface area contributed by atoms with Gasteiger partial charge < -0.3 is 9.47 Å². The van der Waals surface area contributed by atoms with E-state index in [9.17, 15) is 18.0 Å². The molecule has 0 aromatic heterocycles. The number of methoxy groups -OCH3 is 1. The normalized spacial score (nSPS) is 10.7. The predicted molar refractivity (Wildman–Crippen MR) is 61.3 cm³/mol. The molecular weight excluding hydrogens is 331 g/mol. The second kappa shape index (κ2) is 5.93. The Morgan fingerprint density at radius 1 is 1.47 bits per heavy atom. The molecule has 1 rings (SSSR count). The van der Waals surface area contributed by atoms with E-state index in [1.165, 1.54) is 6.07 Å². The Labute approximate surface area is 114 Å². The summed E-state index contributed by atoms with van der Waals surface area (Å²) in [5.41, 5.74) is 0.117. The lowest BCUT2D eigenvalue weighted by Crippen LogP contribution is -2.18. The van der Waals surface area contributed by atoms with Crippen LogP contribution in [0, 0.1) is 11.3 Å². The smallest absolute Gasteiger partial charge is 0.469 e. The van der Waals surface area contributed by atoms with Crippen molar-refractivity contribution < 1.29 is 27.4 Å². The molecule has 1 aromatic carbocycles. The van der Waals surface area contributed by atoms with Crippen molar-refractivity contribution in [2.75, 3.05) is 7.11 Å². The molecule has 0 saturated heterocycles. The molecule has 0 atom stereocenters. The Morgan fingerprint density at radius 2 is 2.11 bits per heavy atom. The van der Waals surface area contributed by atoms with Gasteiger partial charge >= 0.3 is 12.3 Å². The Kier molecular flexibility index (Phi) is 4.78. The highest BCUT2D eigenvalue weighted by molar-refractivity contribution is 9.10. The fraction of sp³-hybridized carbons (Fsp3) is 0.273. The third kappa shape index (κ3) is 4.44. The van der Waals surface area contributed by atoms with Gasteiger partial charge in [-0.25, -0.2) is 0 Å². The Bertz CT molecular complexity index is 537. The first-order chi connectivity index (χ1) is 8.76. The van der Waals surface area contributed by atoms with E-state index in [1.54, 1.807) is 6.07 Å². The van der Waals surface area contributed by atoms with Crippen LogP contribution in [0.3, 0.4) is 0 Å². The number of carbonyl (C=O) groups is 1. The minimum absolute atomic E-state index is 0.0688. The first-order valence-electron chi connectivity index (χ1n) is 4.82. The van der Waals surface area contributed by atoms with Crippen LogP contribution in [0.15, 0.2) is 16.6 Å². The average Bonchev–Trinajstić information content (AvgIpc) is 2.31. The third-order valence-electron chi connectivity index (χ3n) is 2.02. The first-order valence-corrected chi connectivity index (χ1v) is 5.61. The molecular formula is C11H7BrF3NO3. The summed E-state index contributed by atoms with van der Waals surface area (Å²) in [5.74, 6) is -1.21. The minimum atomic E-state index is -4.89. The molecule has 0 amide bonds. The van der Waals surface area contributed by atoms with Gasteiger partial charge in [-0.1, -0.05) is 0 Å². The predicted octanol–water partition coefficient (Wildman–Crippen LogP) is 2.93. The summed E-state index contributed by atoms with van der Waals surface area (Å²) in [6, 6.07) is 4.01. The molecule has 0 bridgehead atoms. The average molecular weight is 338 g/mol. The summed E-state index contributed by atoms with van der Waals surface area (Å²) in [5, 5.41) is 8.82. The molecule has 0 aliphatic heterocycles. The number of esters is 1.